The molecule has 8 heteroatoms. The normalized spacial score (nSPS) is 11.0. The van der Waals surface area contributed by atoms with Crippen LogP contribution in [-0.4, -0.2) is 16.1 Å². The molecule has 0 amide bonds. The van der Waals surface area contributed by atoms with Gasteiger partial charge in [0, 0.05) is 17.2 Å². The van der Waals surface area contributed by atoms with Gasteiger partial charge in [-0.15, -0.1) is 0 Å². The molecular formula is C19H15Cl2F2NO2S. The third-order valence-corrected chi connectivity index (χ3v) is 5.55. The first-order valence-electron chi connectivity index (χ1n) is 8.11. The van der Waals surface area contributed by atoms with Gasteiger partial charge in [-0.05, 0) is 53.7 Å². The number of aryl methyl sites for hydroxylation is 1. The molecule has 0 fully saturated rings. The fourth-order valence-electron chi connectivity index (χ4n) is 2.54. The molecule has 3 nitrogen and oxygen atoms in total. The maximum atomic E-state index is 14.3. The van der Waals surface area contributed by atoms with E-state index in [9.17, 15) is 8.78 Å². The van der Waals surface area contributed by atoms with Crippen molar-refractivity contribution in [1.29, 1.82) is 0 Å². The summed E-state index contributed by atoms with van der Waals surface area (Å²) in [6, 6.07) is 9.97. The Morgan fingerprint density at radius 1 is 1.04 bits per heavy atom. The smallest absolute Gasteiger partial charge is 0.200 e. The second kappa shape index (κ2) is 8.97. The van der Waals surface area contributed by atoms with E-state index < -0.39 is 11.6 Å². The van der Waals surface area contributed by atoms with E-state index in [-0.39, 0.29) is 36.1 Å². The lowest BCUT2D eigenvalue weighted by molar-refractivity contribution is 0.281. The van der Waals surface area contributed by atoms with Crippen molar-refractivity contribution in [3.63, 3.8) is 0 Å². The Labute approximate surface area is 169 Å². The first-order valence-corrected chi connectivity index (χ1v) is 9.64. The van der Waals surface area contributed by atoms with Crippen molar-refractivity contribution < 1.29 is 18.6 Å². The highest BCUT2D eigenvalue weighted by atomic mass is 35.5. The van der Waals surface area contributed by atoms with Crippen molar-refractivity contribution in [3.05, 3.63) is 69.3 Å². The van der Waals surface area contributed by atoms with Gasteiger partial charge >= 0.3 is 0 Å². The van der Waals surface area contributed by atoms with E-state index in [1.807, 2.05) is 12.1 Å². The van der Waals surface area contributed by atoms with Gasteiger partial charge < -0.3 is 9.84 Å². The van der Waals surface area contributed by atoms with Gasteiger partial charge in [-0.3, -0.25) is 0 Å². The van der Waals surface area contributed by atoms with Crippen LogP contribution in [0.5, 0.6) is 5.75 Å². The number of halogens is 4. The predicted octanol–water partition coefficient (Wildman–Crippen LogP) is 5.90. The van der Waals surface area contributed by atoms with Crippen molar-refractivity contribution >= 4 is 34.7 Å². The Kier molecular flexibility index (Phi) is 6.65. The predicted molar refractivity (Wildman–Crippen MR) is 104 cm³/mol. The lowest BCUT2D eigenvalue weighted by Gasteiger charge is -2.11. The third kappa shape index (κ3) is 4.58. The van der Waals surface area contributed by atoms with Crippen LogP contribution in [0.25, 0.3) is 10.4 Å². The highest BCUT2D eigenvalue weighted by molar-refractivity contribution is 7.10. The first-order chi connectivity index (χ1) is 13.0. The zero-order valence-electron chi connectivity index (χ0n) is 14.0. The molecule has 2 aromatic carbocycles. The first kappa shape index (κ1) is 20.0. The number of ether oxygens (including phenoxy) is 1. The number of nitrogens with zero attached hydrogens (tertiary/aromatic N) is 1. The monoisotopic (exact) mass is 429 g/mol. The van der Waals surface area contributed by atoms with Gasteiger partial charge in [-0.25, -0.2) is 4.39 Å². The topological polar surface area (TPSA) is 42.4 Å². The van der Waals surface area contributed by atoms with Crippen LogP contribution in [0.1, 0.15) is 17.5 Å². The number of aliphatic hydroxyl groups is 1. The fourth-order valence-corrected chi connectivity index (χ4v) is 3.76. The second-order valence-electron chi connectivity index (χ2n) is 5.75. The van der Waals surface area contributed by atoms with E-state index in [4.69, 9.17) is 33.0 Å². The summed E-state index contributed by atoms with van der Waals surface area (Å²) in [5.41, 5.74) is 1.65. The van der Waals surface area contributed by atoms with Crippen molar-refractivity contribution in [1.82, 2.24) is 4.37 Å². The summed E-state index contributed by atoms with van der Waals surface area (Å²) in [7, 11) is 0. The summed E-state index contributed by atoms with van der Waals surface area (Å²) in [6.07, 6.45) is 0.609. The summed E-state index contributed by atoms with van der Waals surface area (Å²) in [6.45, 7) is -0.143. The Bertz CT molecular complexity index is 932. The molecule has 0 saturated heterocycles. The van der Waals surface area contributed by atoms with Crippen LogP contribution >= 0.6 is 34.7 Å². The third-order valence-electron chi connectivity index (χ3n) is 3.95. The van der Waals surface area contributed by atoms with Crippen LogP contribution < -0.4 is 4.74 Å². The molecule has 3 aromatic rings. The molecule has 1 aromatic heterocycles. The van der Waals surface area contributed by atoms with Gasteiger partial charge in [-0.1, -0.05) is 41.4 Å². The average molecular weight is 430 g/mol. The molecule has 0 aliphatic rings. The maximum absolute atomic E-state index is 14.3. The van der Waals surface area contributed by atoms with Crippen molar-refractivity contribution in [2.45, 2.75) is 19.4 Å². The molecule has 1 N–H and O–H groups in total. The number of benzene rings is 2. The van der Waals surface area contributed by atoms with Gasteiger partial charge in [-0.2, -0.15) is 8.76 Å². The van der Waals surface area contributed by atoms with Crippen molar-refractivity contribution in [2.24, 2.45) is 0 Å². The van der Waals surface area contributed by atoms with E-state index in [1.165, 1.54) is 23.7 Å². The van der Waals surface area contributed by atoms with Gasteiger partial charge in [0.25, 0.3) is 0 Å². The Morgan fingerprint density at radius 2 is 1.78 bits per heavy atom. The molecule has 0 unspecified atom stereocenters. The van der Waals surface area contributed by atoms with Gasteiger partial charge in [0.05, 0.1) is 4.88 Å². The number of aliphatic hydroxyl groups excluding tert-OH is 1. The molecular weight excluding hydrogens is 415 g/mol. The quantitative estimate of drug-likeness (QED) is 0.508. The molecule has 0 aliphatic heterocycles. The standard InChI is InChI=1S/C19H15Cl2F2NO2S/c20-13-6-3-12(4-7-13)18-14(19(21)24-27-18)10-26-15-8-5-11(2-1-9-25)16(22)17(15)23/h3-8,25H,1-2,9-10H2. The Morgan fingerprint density at radius 3 is 2.48 bits per heavy atom. The minimum absolute atomic E-state index is 0.0559. The van der Waals surface area contributed by atoms with Gasteiger partial charge in [0.2, 0.25) is 5.82 Å². The number of hydrogen-bond acceptors (Lipinski definition) is 4. The lowest BCUT2D eigenvalue weighted by Crippen LogP contribution is -2.03. The Hall–Kier alpha value is -1.73. The minimum Gasteiger partial charge on any atom is -0.486 e. The molecule has 0 spiro atoms. The van der Waals surface area contributed by atoms with E-state index in [1.54, 1.807) is 12.1 Å². The number of rotatable bonds is 7. The lowest BCUT2D eigenvalue weighted by atomic mass is 10.1. The van der Waals surface area contributed by atoms with Crippen molar-refractivity contribution in [3.8, 4) is 16.2 Å². The summed E-state index contributed by atoms with van der Waals surface area (Å²) >= 11 is 13.2. The zero-order chi connectivity index (χ0) is 19.4. The van der Waals surface area contributed by atoms with Crippen molar-refractivity contribution in [2.75, 3.05) is 6.61 Å². The summed E-state index contributed by atoms with van der Waals surface area (Å²) in [5, 5.41) is 9.69. The average Bonchev–Trinajstić information content (AvgIpc) is 3.03. The van der Waals surface area contributed by atoms with Crippen LogP contribution in [0.4, 0.5) is 8.78 Å². The highest BCUT2D eigenvalue weighted by Gasteiger charge is 2.18. The van der Waals surface area contributed by atoms with E-state index >= 15 is 0 Å². The fraction of sp³-hybridized carbons (Fsp3) is 0.211. The molecule has 142 valence electrons. The number of hydrogen-bond donors (Lipinski definition) is 1. The summed E-state index contributed by atoms with van der Waals surface area (Å²) in [4.78, 5) is 0.775. The van der Waals surface area contributed by atoms with Gasteiger partial charge in [0.15, 0.2) is 11.6 Å². The molecule has 0 saturated carbocycles. The Balaban J connectivity index is 1.80. The van der Waals surface area contributed by atoms with E-state index in [0.717, 1.165) is 10.4 Å². The highest BCUT2D eigenvalue weighted by Crippen LogP contribution is 2.35. The van der Waals surface area contributed by atoms with E-state index in [2.05, 4.69) is 4.37 Å². The molecule has 0 atom stereocenters. The number of aromatic nitrogens is 1. The zero-order valence-corrected chi connectivity index (χ0v) is 16.3. The van der Waals surface area contributed by atoms with E-state index in [0.29, 0.717) is 17.0 Å². The molecule has 27 heavy (non-hydrogen) atoms. The van der Waals surface area contributed by atoms with Crippen LogP contribution in [-0.2, 0) is 13.0 Å². The summed E-state index contributed by atoms with van der Waals surface area (Å²) in [5.74, 6) is -2.23. The van der Waals surface area contributed by atoms with Gasteiger partial charge in [0.1, 0.15) is 11.8 Å². The minimum atomic E-state index is -1.06. The molecule has 3 rings (SSSR count). The van der Waals surface area contributed by atoms with Crippen LogP contribution in [0.2, 0.25) is 10.2 Å². The summed E-state index contributed by atoms with van der Waals surface area (Å²) < 4.78 is 38.0. The second-order valence-corrected chi connectivity index (χ2v) is 7.32. The van der Waals surface area contributed by atoms with Crippen LogP contribution in [0, 0.1) is 11.6 Å². The molecule has 0 aliphatic carbocycles. The maximum Gasteiger partial charge on any atom is 0.200 e. The molecule has 0 radical (unpaired) electrons. The molecule has 1 heterocycles. The molecule has 0 bridgehead atoms. The SMILES string of the molecule is OCCCc1ccc(OCc2c(Cl)nsc2-c2ccc(Cl)cc2)c(F)c1F. The van der Waals surface area contributed by atoms with Crippen LogP contribution in [0.3, 0.4) is 0 Å². The largest absolute Gasteiger partial charge is 0.486 e. The van der Waals surface area contributed by atoms with Crippen LogP contribution in [0.15, 0.2) is 36.4 Å².